The van der Waals surface area contributed by atoms with Crippen LogP contribution in [0, 0.1) is 0 Å². The van der Waals surface area contributed by atoms with E-state index in [-0.39, 0.29) is 17.9 Å². The van der Waals surface area contributed by atoms with Gasteiger partial charge in [0, 0.05) is 30.7 Å². The molecule has 6 aromatic carbocycles. The zero-order valence-corrected chi connectivity index (χ0v) is 36.1. The number of fused-ring (bicyclic) bond motifs is 5. The summed E-state index contributed by atoms with van der Waals surface area (Å²) in [6.45, 7) is 5.22. The Bertz CT molecular complexity index is 2470. The maximum absolute atomic E-state index is 10.8. The number of carboxylic acid groups (broad SMARTS) is 1. The molecule has 0 saturated heterocycles. The molecule has 0 aromatic heterocycles. The number of aliphatic carboxylic acids is 1. The number of aromatic hydroxyl groups is 3. The summed E-state index contributed by atoms with van der Waals surface area (Å²) in [4.78, 5) is 13.3. The van der Waals surface area contributed by atoms with E-state index in [0.29, 0.717) is 24.6 Å². The number of ether oxygens (including phenoxy) is 4. The number of methoxy groups -OCH3 is 2. The number of phenolic OH excluding ortho intramolecular Hbond substituents is 3. The van der Waals surface area contributed by atoms with Gasteiger partial charge in [0.05, 0.1) is 20.6 Å². The van der Waals surface area contributed by atoms with E-state index in [1.807, 2.05) is 78.9 Å². The van der Waals surface area contributed by atoms with Gasteiger partial charge in [-0.15, -0.1) is 0 Å². The molecule has 5 N–H and O–H groups in total. The van der Waals surface area contributed by atoms with E-state index in [2.05, 4.69) is 35.3 Å². The standard InChI is InChI=1S/C20H21NO4.C18H23NO3.C14H12O2/c1-22-17-4-3-12-7-16-14-9-19-18(24-11-25-19)8-13(14)5-6-21(16)10-15(12)20(17)23-2;1-13(2-3-14-4-7-16(20)8-5-14)19-11-10-15-6-9-17(21)18(22)12-15;15-14(16)10-12-8-4-5-9-13(12)11-6-2-1-3-7-11/h3-4,8-9,16H,5-7,10-11H2,1-2H3;4-9,12-13,19-22H,2-3,10-11H2,1H3;1-9H,10H2,(H,15,16). The molecule has 328 valence electrons. The molecule has 3 aliphatic rings. The van der Waals surface area contributed by atoms with E-state index in [1.165, 1.54) is 33.9 Å². The van der Waals surface area contributed by atoms with Crippen molar-refractivity contribution in [3.05, 3.63) is 160 Å². The molecule has 0 saturated carbocycles. The maximum atomic E-state index is 10.8. The summed E-state index contributed by atoms with van der Waals surface area (Å²) in [5.74, 6) is 2.77. The number of phenols is 3. The van der Waals surface area contributed by atoms with Gasteiger partial charge in [0.2, 0.25) is 6.79 Å². The molecule has 11 nitrogen and oxygen atoms in total. The van der Waals surface area contributed by atoms with Crippen LogP contribution in [-0.2, 0) is 43.4 Å². The van der Waals surface area contributed by atoms with Crippen molar-refractivity contribution in [1.29, 1.82) is 0 Å². The molecule has 0 radical (unpaired) electrons. The average Bonchev–Trinajstić information content (AvgIpc) is 3.76. The number of hydrogen-bond acceptors (Lipinski definition) is 10. The van der Waals surface area contributed by atoms with Crippen molar-refractivity contribution in [3.63, 3.8) is 0 Å². The van der Waals surface area contributed by atoms with E-state index >= 15 is 0 Å². The molecule has 0 aliphatic carbocycles. The molecular weight excluding hydrogens is 797 g/mol. The van der Waals surface area contributed by atoms with Crippen LogP contribution in [0.2, 0.25) is 0 Å². The minimum absolute atomic E-state index is 0.0606. The largest absolute Gasteiger partial charge is 0.508 e. The first-order chi connectivity index (χ1) is 30.6. The molecule has 0 spiro atoms. The van der Waals surface area contributed by atoms with Gasteiger partial charge in [-0.2, -0.15) is 0 Å². The van der Waals surface area contributed by atoms with Crippen LogP contribution in [-0.4, -0.2) is 71.4 Å². The molecule has 9 rings (SSSR count). The number of aryl methyl sites for hydroxylation is 1. The van der Waals surface area contributed by atoms with Crippen LogP contribution in [0.1, 0.15) is 58.3 Å². The van der Waals surface area contributed by atoms with E-state index in [0.717, 1.165) is 97.0 Å². The highest BCUT2D eigenvalue weighted by atomic mass is 16.7. The average molecular weight is 853 g/mol. The first kappa shape index (κ1) is 44.4. The van der Waals surface area contributed by atoms with Crippen molar-refractivity contribution < 1.29 is 44.2 Å². The quantitative estimate of drug-likeness (QED) is 0.0751. The second kappa shape index (κ2) is 20.9. The van der Waals surface area contributed by atoms with Crippen LogP contribution >= 0.6 is 0 Å². The Morgan fingerprint density at radius 2 is 1.52 bits per heavy atom. The Morgan fingerprint density at radius 1 is 0.794 bits per heavy atom. The van der Waals surface area contributed by atoms with E-state index in [1.54, 1.807) is 32.4 Å². The Hall–Kier alpha value is -6.69. The molecule has 63 heavy (non-hydrogen) atoms. The van der Waals surface area contributed by atoms with Gasteiger partial charge >= 0.3 is 5.97 Å². The second-order valence-corrected chi connectivity index (χ2v) is 16.0. The van der Waals surface area contributed by atoms with Crippen molar-refractivity contribution in [1.82, 2.24) is 10.2 Å². The molecule has 2 atom stereocenters. The third kappa shape index (κ3) is 11.2. The van der Waals surface area contributed by atoms with Crippen molar-refractivity contribution in [2.24, 2.45) is 0 Å². The zero-order valence-electron chi connectivity index (χ0n) is 36.1. The van der Waals surface area contributed by atoms with Crippen molar-refractivity contribution in [2.45, 2.75) is 64.1 Å². The third-order valence-corrected chi connectivity index (χ3v) is 11.8. The predicted octanol–water partition coefficient (Wildman–Crippen LogP) is 9.03. The van der Waals surface area contributed by atoms with Crippen LogP contribution in [0.25, 0.3) is 11.1 Å². The highest BCUT2D eigenvalue weighted by Gasteiger charge is 2.35. The number of carbonyl (C=O) groups is 1. The summed E-state index contributed by atoms with van der Waals surface area (Å²) in [7, 11) is 3.41. The Kier molecular flexibility index (Phi) is 14.7. The molecule has 3 aliphatic heterocycles. The lowest BCUT2D eigenvalue weighted by molar-refractivity contribution is -0.136. The van der Waals surface area contributed by atoms with Gasteiger partial charge < -0.3 is 44.7 Å². The Morgan fingerprint density at radius 3 is 2.25 bits per heavy atom. The summed E-state index contributed by atoms with van der Waals surface area (Å²) in [5.41, 5.74) is 10.5. The molecular formula is C52H56N2O9. The number of hydrogen-bond donors (Lipinski definition) is 5. The molecule has 0 bridgehead atoms. The molecule has 11 heteroatoms. The normalized spacial score (nSPS) is 14.9. The van der Waals surface area contributed by atoms with Crippen LogP contribution in [0.5, 0.6) is 40.2 Å². The monoisotopic (exact) mass is 852 g/mol. The summed E-state index contributed by atoms with van der Waals surface area (Å²) in [6, 6.07) is 39.0. The van der Waals surface area contributed by atoms with Crippen LogP contribution in [0.15, 0.2) is 121 Å². The topological polar surface area (TPSA) is 150 Å². The van der Waals surface area contributed by atoms with Gasteiger partial charge in [-0.25, -0.2) is 0 Å². The highest BCUT2D eigenvalue weighted by molar-refractivity contribution is 5.76. The number of nitrogens with zero attached hydrogens (tertiary/aromatic N) is 1. The minimum atomic E-state index is -0.802. The predicted molar refractivity (Wildman–Crippen MR) is 243 cm³/mol. The molecule has 6 aromatic rings. The van der Waals surface area contributed by atoms with Gasteiger partial charge in [0.15, 0.2) is 34.5 Å². The smallest absolute Gasteiger partial charge is 0.307 e. The van der Waals surface area contributed by atoms with Gasteiger partial charge in [-0.05, 0) is 133 Å². The van der Waals surface area contributed by atoms with Gasteiger partial charge in [0.1, 0.15) is 5.75 Å². The van der Waals surface area contributed by atoms with E-state index in [9.17, 15) is 20.1 Å². The van der Waals surface area contributed by atoms with E-state index < -0.39 is 5.97 Å². The first-order valence-electron chi connectivity index (χ1n) is 21.4. The number of carboxylic acids is 1. The lowest BCUT2D eigenvalue weighted by Crippen LogP contribution is -2.39. The number of nitrogens with one attached hydrogen (secondary N) is 1. The van der Waals surface area contributed by atoms with Crippen LogP contribution in [0.4, 0.5) is 0 Å². The third-order valence-electron chi connectivity index (χ3n) is 11.8. The summed E-state index contributed by atoms with van der Waals surface area (Å²) >= 11 is 0. The van der Waals surface area contributed by atoms with Crippen molar-refractivity contribution >= 4 is 5.97 Å². The fourth-order valence-corrected chi connectivity index (χ4v) is 8.45. The van der Waals surface area contributed by atoms with Gasteiger partial charge in [-0.1, -0.05) is 78.9 Å². The number of benzene rings is 6. The number of rotatable bonds is 12. The van der Waals surface area contributed by atoms with Crippen molar-refractivity contribution in [2.75, 3.05) is 34.1 Å². The molecule has 0 fully saturated rings. The fourth-order valence-electron chi connectivity index (χ4n) is 8.45. The van der Waals surface area contributed by atoms with Crippen molar-refractivity contribution in [3.8, 4) is 51.4 Å². The van der Waals surface area contributed by atoms with Crippen LogP contribution in [0.3, 0.4) is 0 Å². The maximum Gasteiger partial charge on any atom is 0.307 e. The van der Waals surface area contributed by atoms with Gasteiger partial charge in [-0.3, -0.25) is 9.69 Å². The zero-order chi connectivity index (χ0) is 44.3. The summed E-state index contributed by atoms with van der Waals surface area (Å²) in [5, 5.41) is 40.3. The molecule has 0 amide bonds. The lowest BCUT2D eigenvalue weighted by Gasteiger charge is -2.42. The lowest BCUT2D eigenvalue weighted by atomic mass is 9.83. The molecule has 2 unspecified atom stereocenters. The Balaban J connectivity index is 0.000000145. The second-order valence-electron chi connectivity index (χ2n) is 16.0. The Labute approximate surface area is 369 Å². The highest BCUT2D eigenvalue weighted by Crippen LogP contribution is 2.46. The summed E-state index contributed by atoms with van der Waals surface area (Å²) in [6.07, 6.45) is 4.86. The SMILES string of the molecule is CC(CCc1ccc(O)cc1)NCCc1ccc(O)c(O)c1.COc1ccc2c(c1OC)CN1CCc3cc4c(cc3C1C2)OCO4.O=C(O)Cc1ccccc1-c1ccccc1. The van der Waals surface area contributed by atoms with Gasteiger partial charge in [0.25, 0.3) is 0 Å². The fraction of sp³-hybridized carbons (Fsp3) is 0.288. The minimum Gasteiger partial charge on any atom is -0.508 e. The molecule has 3 heterocycles. The summed E-state index contributed by atoms with van der Waals surface area (Å²) < 4.78 is 22.3. The van der Waals surface area contributed by atoms with E-state index in [4.69, 9.17) is 24.1 Å². The van der Waals surface area contributed by atoms with Crippen LogP contribution < -0.4 is 24.3 Å². The first-order valence-corrected chi connectivity index (χ1v) is 21.4.